The third-order valence-corrected chi connectivity index (χ3v) is 6.74. The SMILES string of the molecule is CCSc1nnc(NC(=O)CSc2nnc(NC(=O)N(CC)CC)s2)s1. The Labute approximate surface area is 167 Å². The lowest BCUT2D eigenvalue weighted by molar-refractivity contribution is -0.113. The monoisotopic (exact) mass is 433 g/mol. The zero-order chi connectivity index (χ0) is 18.9. The Kier molecular flexibility index (Phi) is 8.54. The van der Waals surface area contributed by atoms with Crippen molar-refractivity contribution in [3.63, 3.8) is 0 Å². The first kappa shape index (κ1) is 20.9. The Balaban J connectivity index is 1.79. The maximum atomic E-state index is 12.0. The van der Waals surface area contributed by atoms with E-state index in [0.717, 1.165) is 10.1 Å². The summed E-state index contributed by atoms with van der Waals surface area (Å²) < 4.78 is 1.43. The van der Waals surface area contributed by atoms with E-state index in [-0.39, 0.29) is 17.7 Å². The van der Waals surface area contributed by atoms with Gasteiger partial charge in [0.25, 0.3) is 0 Å². The molecule has 2 aromatic heterocycles. The van der Waals surface area contributed by atoms with Gasteiger partial charge in [-0.15, -0.1) is 20.4 Å². The van der Waals surface area contributed by atoms with E-state index in [0.29, 0.717) is 27.7 Å². The quantitative estimate of drug-likeness (QED) is 0.458. The number of urea groups is 1. The maximum Gasteiger partial charge on any atom is 0.323 e. The average Bonchev–Trinajstić information content (AvgIpc) is 3.24. The number of carbonyl (C=O) groups is 2. The second kappa shape index (κ2) is 10.6. The molecular formula is C13H19N7O2S4. The lowest BCUT2D eigenvalue weighted by Gasteiger charge is -2.17. The highest BCUT2D eigenvalue weighted by molar-refractivity contribution is 8.01. The molecule has 0 aliphatic carbocycles. The van der Waals surface area contributed by atoms with Gasteiger partial charge in [-0.05, 0) is 19.6 Å². The van der Waals surface area contributed by atoms with Crippen LogP contribution in [0.3, 0.4) is 0 Å². The fraction of sp³-hybridized carbons (Fsp3) is 0.538. The van der Waals surface area contributed by atoms with Crippen LogP contribution >= 0.6 is 46.2 Å². The van der Waals surface area contributed by atoms with Crippen molar-refractivity contribution in [3.05, 3.63) is 0 Å². The molecule has 0 unspecified atom stereocenters. The van der Waals surface area contributed by atoms with E-state index in [1.807, 2.05) is 20.8 Å². The third-order valence-electron chi connectivity index (χ3n) is 2.92. The first-order chi connectivity index (χ1) is 12.5. The number of aromatic nitrogens is 4. The van der Waals surface area contributed by atoms with E-state index < -0.39 is 0 Å². The molecule has 0 fully saturated rings. The van der Waals surface area contributed by atoms with Crippen molar-refractivity contribution >= 4 is 68.4 Å². The molecule has 2 rings (SSSR count). The van der Waals surface area contributed by atoms with Crippen molar-refractivity contribution < 1.29 is 9.59 Å². The molecule has 9 nitrogen and oxygen atoms in total. The van der Waals surface area contributed by atoms with E-state index >= 15 is 0 Å². The van der Waals surface area contributed by atoms with Gasteiger partial charge < -0.3 is 4.90 Å². The van der Waals surface area contributed by atoms with Crippen molar-refractivity contribution in [2.24, 2.45) is 0 Å². The summed E-state index contributed by atoms with van der Waals surface area (Å²) in [5, 5.41) is 22.1. The van der Waals surface area contributed by atoms with Crippen LogP contribution in [0.5, 0.6) is 0 Å². The molecule has 0 aliphatic rings. The summed E-state index contributed by atoms with van der Waals surface area (Å²) >= 11 is 5.41. The molecular weight excluding hydrogens is 414 g/mol. The number of rotatable bonds is 9. The van der Waals surface area contributed by atoms with Gasteiger partial charge in [0.15, 0.2) is 8.68 Å². The highest BCUT2D eigenvalue weighted by Gasteiger charge is 2.14. The van der Waals surface area contributed by atoms with Crippen molar-refractivity contribution in [2.75, 3.05) is 35.2 Å². The van der Waals surface area contributed by atoms with Crippen LogP contribution in [-0.2, 0) is 4.79 Å². The second-order valence-electron chi connectivity index (χ2n) is 4.62. The van der Waals surface area contributed by atoms with Gasteiger partial charge in [0.1, 0.15) is 0 Å². The highest BCUT2D eigenvalue weighted by Crippen LogP contribution is 2.27. The lowest BCUT2D eigenvalue weighted by atomic mass is 10.5. The summed E-state index contributed by atoms with van der Waals surface area (Å²) in [5.41, 5.74) is 0. The Bertz CT molecular complexity index is 732. The average molecular weight is 434 g/mol. The molecule has 0 saturated heterocycles. The minimum Gasteiger partial charge on any atom is -0.325 e. The van der Waals surface area contributed by atoms with Crippen LogP contribution in [0.15, 0.2) is 8.68 Å². The van der Waals surface area contributed by atoms with E-state index in [9.17, 15) is 9.59 Å². The van der Waals surface area contributed by atoms with Crippen LogP contribution in [0.4, 0.5) is 15.1 Å². The summed E-state index contributed by atoms with van der Waals surface area (Å²) in [6.45, 7) is 7.08. The molecule has 13 heteroatoms. The number of carbonyl (C=O) groups excluding carboxylic acids is 2. The van der Waals surface area contributed by atoms with E-state index in [1.54, 1.807) is 16.7 Å². The fourth-order valence-electron chi connectivity index (χ4n) is 1.72. The van der Waals surface area contributed by atoms with Crippen molar-refractivity contribution in [3.8, 4) is 0 Å². The normalized spacial score (nSPS) is 10.6. The number of hydrogen-bond acceptors (Lipinski definition) is 10. The zero-order valence-electron chi connectivity index (χ0n) is 14.5. The number of nitrogens with zero attached hydrogens (tertiary/aromatic N) is 5. The minimum atomic E-state index is -0.211. The molecule has 0 radical (unpaired) electrons. The summed E-state index contributed by atoms with van der Waals surface area (Å²) in [7, 11) is 0. The highest BCUT2D eigenvalue weighted by atomic mass is 32.2. The van der Waals surface area contributed by atoms with E-state index in [2.05, 4.69) is 31.0 Å². The first-order valence-corrected chi connectivity index (χ1v) is 11.4. The van der Waals surface area contributed by atoms with Crippen molar-refractivity contribution in [2.45, 2.75) is 29.5 Å². The van der Waals surface area contributed by atoms with Crippen molar-refractivity contribution in [1.29, 1.82) is 0 Å². The summed E-state index contributed by atoms with van der Waals surface area (Å²) in [4.78, 5) is 25.6. The van der Waals surface area contributed by atoms with Crippen LogP contribution < -0.4 is 10.6 Å². The van der Waals surface area contributed by atoms with Gasteiger partial charge in [-0.3, -0.25) is 15.4 Å². The minimum absolute atomic E-state index is 0.175. The molecule has 0 spiro atoms. The lowest BCUT2D eigenvalue weighted by Crippen LogP contribution is -2.34. The molecule has 26 heavy (non-hydrogen) atoms. The van der Waals surface area contributed by atoms with Gasteiger partial charge in [0, 0.05) is 13.1 Å². The van der Waals surface area contributed by atoms with Crippen LogP contribution in [-0.4, -0.2) is 61.8 Å². The Morgan fingerprint density at radius 3 is 2.08 bits per heavy atom. The third kappa shape index (κ3) is 6.37. The van der Waals surface area contributed by atoms with Gasteiger partial charge in [0.2, 0.25) is 16.2 Å². The molecule has 3 amide bonds. The number of nitrogens with one attached hydrogen (secondary N) is 2. The van der Waals surface area contributed by atoms with E-state index in [1.165, 1.54) is 34.4 Å². The Morgan fingerprint density at radius 1 is 0.923 bits per heavy atom. The first-order valence-electron chi connectivity index (χ1n) is 7.84. The molecule has 0 aromatic carbocycles. The molecule has 2 heterocycles. The molecule has 0 aliphatic heterocycles. The number of anilines is 2. The van der Waals surface area contributed by atoms with Gasteiger partial charge in [0.05, 0.1) is 5.75 Å². The summed E-state index contributed by atoms with van der Waals surface area (Å²) in [5.74, 6) is 0.889. The zero-order valence-corrected chi connectivity index (χ0v) is 17.8. The van der Waals surface area contributed by atoms with Crippen LogP contribution in [0.2, 0.25) is 0 Å². The maximum absolute atomic E-state index is 12.0. The molecule has 142 valence electrons. The largest absolute Gasteiger partial charge is 0.325 e. The molecule has 0 saturated carbocycles. The van der Waals surface area contributed by atoms with E-state index in [4.69, 9.17) is 0 Å². The van der Waals surface area contributed by atoms with Crippen LogP contribution in [0.25, 0.3) is 0 Å². The number of thioether (sulfide) groups is 2. The molecule has 2 N–H and O–H groups in total. The van der Waals surface area contributed by atoms with Gasteiger partial charge in [-0.25, -0.2) is 4.79 Å². The predicted octanol–water partition coefficient (Wildman–Crippen LogP) is 3.11. The topological polar surface area (TPSA) is 113 Å². The predicted molar refractivity (Wildman–Crippen MR) is 108 cm³/mol. The van der Waals surface area contributed by atoms with Gasteiger partial charge in [-0.1, -0.05) is 53.1 Å². The fourth-order valence-corrected chi connectivity index (χ4v) is 4.93. The van der Waals surface area contributed by atoms with Crippen LogP contribution in [0.1, 0.15) is 20.8 Å². The smallest absolute Gasteiger partial charge is 0.323 e. The van der Waals surface area contributed by atoms with Crippen molar-refractivity contribution in [1.82, 2.24) is 25.3 Å². The van der Waals surface area contributed by atoms with Gasteiger partial charge >= 0.3 is 6.03 Å². The Morgan fingerprint density at radius 2 is 1.50 bits per heavy atom. The molecule has 2 aromatic rings. The number of amides is 3. The Hall–Kier alpha value is -1.44. The summed E-state index contributed by atoms with van der Waals surface area (Å²) in [6, 6.07) is -0.211. The number of hydrogen-bond donors (Lipinski definition) is 2. The molecule has 0 atom stereocenters. The standard InChI is InChI=1S/C13H19N7O2S4/c1-4-20(5-2)11(22)15-10-17-19-13(26-10)24-7-8(21)14-9-16-18-12(25-9)23-6-3/h4-7H2,1-3H3,(H,14,16,21)(H,15,17,22). The summed E-state index contributed by atoms with van der Waals surface area (Å²) in [6.07, 6.45) is 0. The second-order valence-corrected chi connectivity index (χ2v) is 9.31. The van der Waals surface area contributed by atoms with Crippen LogP contribution in [0, 0.1) is 0 Å². The molecule has 0 bridgehead atoms. The van der Waals surface area contributed by atoms with Gasteiger partial charge in [-0.2, -0.15) is 0 Å².